The summed E-state index contributed by atoms with van der Waals surface area (Å²) in [5.41, 5.74) is 1.80. The zero-order valence-corrected chi connectivity index (χ0v) is 32.5. The first-order valence-electron chi connectivity index (χ1n) is 18.6. The summed E-state index contributed by atoms with van der Waals surface area (Å²) in [6.45, 7) is 10.7. The number of carbonyl (C=O) groups excluding carboxylic acids is 3. The van der Waals surface area contributed by atoms with Crippen LogP contribution in [0.1, 0.15) is 103 Å². The Kier molecular flexibility index (Phi) is 14.5. The first-order chi connectivity index (χ1) is 24.8. The van der Waals surface area contributed by atoms with Crippen LogP contribution in [0.5, 0.6) is 0 Å². The lowest BCUT2D eigenvalue weighted by molar-refractivity contribution is -0.143. The second-order valence-electron chi connectivity index (χ2n) is 14.1. The van der Waals surface area contributed by atoms with Crippen molar-refractivity contribution >= 4 is 56.4 Å². The van der Waals surface area contributed by atoms with Crippen molar-refractivity contribution in [2.75, 3.05) is 37.4 Å². The number of fused-ring (bicyclic) bond motifs is 1. The van der Waals surface area contributed by atoms with Crippen LogP contribution in [0.4, 0.5) is 11.4 Å². The molecule has 282 valence electrons. The van der Waals surface area contributed by atoms with Crippen molar-refractivity contribution in [3.05, 3.63) is 65.2 Å². The molecule has 0 fully saturated rings. The third-order valence-electron chi connectivity index (χ3n) is 9.50. The predicted molar refractivity (Wildman–Crippen MR) is 208 cm³/mol. The third-order valence-corrected chi connectivity index (χ3v) is 10.2. The maximum atomic E-state index is 14.1. The van der Waals surface area contributed by atoms with Gasteiger partial charge in [0.2, 0.25) is 15.9 Å². The lowest BCUT2D eigenvalue weighted by Gasteiger charge is -2.31. The van der Waals surface area contributed by atoms with E-state index in [0.29, 0.717) is 36.3 Å². The van der Waals surface area contributed by atoms with Crippen LogP contribution in [0.2, 0.25) is 0 Å². The molecule has 1 N–H and O–H groups in total. The summed E-state index contributed by atoms with van der Waals surface area (Å²) in [5.74, 6) is -1.69. The molecule has 0 bridgehead atoms. The molecule has 0 aromatic heterocycles. The lowest BCUT2D eigenvalue weighted by Crippen LogP contribution is -2.52. The minimum atomic E-state index is -3.31. The minimum Gasteiger partial charge on any atom is -0.462 e. The number of nitrogens with zero attached hydrogens (tertiary/aromatic N) is 4. The van der Waals surface area contributed by atoms with Gasteiger partial charge >= 0.3 is 5.97 Å². The number of hydrogen-bond donors (Lipinski definition) is 1. The molecule has 12 heteroatoms. The van der Waals surface area contributed by atoms with Gasteiger partial charge in [0.05, 0.1) is 18.6 Å². The SMILES string of the molecule is CCCCCCCCCCCCOC(=O)C1=C(c2ccccc2)C(=Nc2ccc(N(CC)CCNS(C)(=O)=O)cc2C)N2C(=O)C(C)(C)C(=O)N=C12. The fraction of sp³-hybridized carbons (Fsp3) is 0.525. The highest BCUT2D eigenvalue weighted by Gasteiger charge is 2.53. The number of carbonyl (C=O) groups is 3. The van der Waals surface area contributed by atoms with Crippen molar-refractivity contribution in [2.24, 2.45) is 15.4 Å². The highest BCUT2D eigenvalue weighted by Crippen LogP contribution is 2.40. The standard InChI is InChI=1S/C40H55N5O6S/c1-7-9-10-11-12-13-14-15-16-20-27-51-37(46)34-33(30-21-18-17-19-22-30)35(45-36(34)43-38(47)40(4,5)39(45)48)42-32-24-23-31(28-29(32)3)44(8-2)26-25-41-52(6,49)50/h17-19,21-24,28,41H,7-16,20,25-27H2,1-6H3. The molecule has 2 amide bonds. The predicted octanol–water partition coefficient (Wildman–Crippen LogP) is 7.13. The van der Waals surface area contributed by atoms with Crippen LogP contribution in [-0.2, 0) is 29.1 Å². The summed E-state index contributed by atoms with van der Waals surface area (Å²) < 4.78 is 31.5. The molecule has 2 aliphatic rings. The van der Waals surface area contributed by atoms with Crippen LogP contribution in [0.3, 0.4) is 0 Å². The smallest absolute Gasteiger partial charge is 0.342 e. The molecule has 52 heavy (non-hydrogen) atoms. The summed E-state index contributed by atoms with van der Waals surface area (Å²) in [6, 6.07) is 14.9. The molecule has 0 spiro atoms. The second kappa shape index (κ2) is 18.6. The Labute approximate surface area is 309 Å². The van der Waals surface area contributed by atoms with Crippen LogP contribution >= 0.6 is 0 Å². The maximum absolute atomic E-state index is 14.1. The molecule has 4 rings (SSSR count). The largest absolute Gasteiger partial charge is 0.462 e. The average molecular weight is 734 g/mol. The molecule has 0 unspecified atom stereocenters. The number of nitrogens with one attached hydrogen (secondary N) is 1. The van der Waals surface area contributed by atoms with Gasteiger partial charge in [-0.05, 0) is 63.4 Å². The number of hydrogen-bond acceptors (Lipinski definition) is 8. The highest BCUT2D eigenvalue weighted by molar-refractivity contribution is 7.88. The van der Waals surface area contributed by atoms with Crippen LogP contribution in [-0.4, -0.2) is 75.3 Å². The summed E-state index contributed by atoms with van der Waals surface area (Å²) in [6.07, 6.45) is 12.6. The van der Waals surface area contributed by atoms with E-state index < -0.39 is 33.2 Å². The zero-order chi connectivity index (χ0) is 37.9. The molecular formula is C40H55N5O6S. The number of unbranched alkanes of at least 4 members (excludes halogenated alkanes) is 9. The molecule has 0 saturated heterocycles. The number of amides is 2. The second-order valence-corrected chi connectivity index (χ2v) is 15.9. The van der Waals surface area contributed by atoms with E-state index in [1.807, 2.05) is 67.3 Å². The molecule has 0 atom stereocenters. The quantitative estimate of drug-likeness (QED) is 0.0869. The molecule has 2 aliphatic heterocycles. The number of aryl methyl sites for hydroxylation is 1. The van der Waals surface area contributed by atoms with Crippen LogP contribution in [0, 0.1) is 12.3 Å². The van der Waals surface area contributed by atoms with Gasteiger partial charge in [-0.2, -0.15) is 4.99 Å². The van der Waals surface area contributed by atoms with Crippen molar-refractivity contribution in [2.45, 2.75) is 98.8 Å². The van der Waals surface area contributed by atoms with Crippen LogP contribution in [0.25, 0.3) is 5.57 Å². The number of ether oxygens (including phenoxy) is 1. The third kappa shape index (κ3) is 10.2. The van der Waals surface area contributed by atoms with Crippen molar-refractivity contribution in [1.29, 1.82) is 0 Å². The average Bonchev–Trinajstić information content (AvgIpc) is 3.42. The van der Waals surface area contributed by atoms with Crippen LogP contribution in [0.15, 0.2) is 64.1 Å². The molecular weight excluding hydrogens is 679 g/mol. The summed E-state index contributed by atoms with van der Waals surface area (Å²) >= 11 is 0. The number of likely N-dealkylation sites (N-methyl/N-ethyl adjacent to an activating group) is 1. The van der Waals surface area contributed by atoms with Crippen molar-refractivity contribution in [3.8, 4) is 0 Å². The minimum absolute atomic E-state index is 0.0408. The van der Waals surface area contributed by atoms with E-state index in [4.69, 9.17) is 9.73 Å². The van der Waals surface area contributed by atoms with Gasteiger partial charge in [0, 0.05) is 30.9 Å². The first kappa shape index (κ1) is 40.6. The number of sulfonamides is 1. The van der Waals surface area contributed by atoms with Gasteiger partial charge in [0.25, 0.3) is 5.91 Å². The van der Waals surface area contributed by atoms with E-state index in [-0.39, 0.29) is 30.4 Å². The maximum Gasteiger partial charge on any atom is 0.342 e. The Morgan fingerprint density at radius 1 is 0.942 bits per heavy atom. The van der Waals surface area contributed by atoms with Gasteiger partial charge in [-0.3, -0.25) is 9.59 Å². The molecule has 0 aliphatic carbocycles. The summed E-state index contributed by atoms with van der Waals surface area (Å²) in [4.78, 5) is 54.0. The number of rotatable bonds is 20. The van der Waals surface area contributed by atoms with E-state index >= 15 is 0 Å². The van der Waals surface area contributed by atoms with Gasteiger partial charge in [-0.15, -0.1) is 0 Å². The first-order valence-corrected chi connectivity index (χ1v) is 20.5. The lowest BCUT2D eigenvalue weighted by atomic mass is 9.89. The molecule has 2 aromatic rings. The fourth-order valence-electron chi connectivity index (χ4n) is 6.37. The number of aliphatic imine (C=N–C) groups is 2. The number of anilines is 1. The Morgan fingerprint density at radius 3 is 2.17 bits per heavy atom. The van der Waals surface area contributed by atoms with Gasteiger partial charge in [0.15, 0.2) is 11.7 Å². The van der Waals surface area contributed by atoms with E-state index in [0.717, 1.165) is 36.8 Å². The zero-order valence-electron chi connectivity index (χ0n) is 31.7. The Balaban J connectivity index is 1.65. The molecule has 0 radical (unpaired) electrons. The Bertz CT molecular complexity index is 1800. The topological polar surface area (TPSA) is 138 Å². The van der Waals surface area contributed by atoms with Crippen molar-refractivity contribution < 1.29 is 27.5 Å². The van der Waals surface area contributed by atoms with Gasteiger partial charge in [0.1, 0.15) is 11.0 Å². The Morgan fingerprint density at radius 2 is 1.58 bits per heavy atom. The normalized spacial score (nSPS) is 16.4. The van der Waals surface area contributed by atoms with E-state index in [2.05, 4.69) is 16.6 Å². The molecule has 11 nitrogen and oxygen atoms in total. The van der Waals surface area contributed by atoms with E-state index in [9.17, 15) is 22.8 Å². The number of benzene rings is 2. The molecule has 0 saturated carbocycles. The fourth-order valence-corrected chi connectivity index (χ4v) is 6.83. The van der Waals surface area contributed by atoms with E-state index in [1.165, 1.54) is 57.3 Å². The van der Waals surface area contributed by atoms with E-state index in [1.54, 1.807) is 0 Å². The van der Waals surface area contributed by atoms with Crippen molar-refractivity contribution in [3.63, 3.8) is 0 Å². The Hall–Kier alpha value is -4.16. The summed E-state index contributed by atoms with van der Waals surface area (Å²) in [7, 11) is -3.31. The van der Waals surface area contributed by atoms with Gasteiger partial charge in [-0.25, -0.2) is 27.8 Å². The summed E-state index contributed by atoms with van der Waals surface area (Å²) in [5, 5.41) is 0. The monoisotopic (exact) mass is 733 g/mol. The molecule has 2 heterocycles. The van der Waals surface area contributed by atoms with Crippen LogP contribution < -0.4 is 9.62 Å². The van der Waals surface area contributed by atoms with Gasteiger partial charge < -0.3 is 9.64 Å². The number of amidine groups is 2. The number of esters is 1. The molecule has 2 aromatic carbocycles. The van der Waals surface area contributed by atoms with Crippen molar-refractivity contribution in [1.82, 2.24) is 9.62 Å². The van der Waals surface area contributed by atoms with Gasteiger partial charge in [-0.1, -0.05) is 95.0 Å². The highest BCUT2D eigenvalue weighted by atomic mass is 32.2.